The molecule has 0 aliphatic carbocycles. The number of hydrogen-bond donors (Lipinski definition) is 1. The number of hydrogen-bond acceptors (Lipinski definition) is 6. The molecule has 0 amide bonds. The van der Waals surface area contributed by atoms with Crippen LogP contribution in [0.25, 0.3) is 0 Å². The molecule has 1 aliphatic rings. The summed E-state index contributed by atoms with van der Waals surface area (Å²) in [6.45, 7) is 8.04. The van der Waals surface area contributed by atoms with E-state index in [0.29, 0.717) is 22.9 Å². The lowest BCUT2D eigenvalue weighted by atomic mass is 10.1. The zero-order valence-corrected chi connectivity index (χ0v) is 13.3. The van der Waals surface area contributed by atoms with Gasteiger partial charge in [0.1, 0.15) is 5.00 Å². The molecule has 1 unspecified atom stereocenters. The van der Waals surface area contributed by atoms with Crippen LogP contribution in [0.15, 0.2) is 0 Å². The Morgan fingerprint density at radius 2 is 2.25 bits per heavy atom. The molecule has 1 saturated heterocycles. The van der Waals surface area contributed by atoms with Gasteiger partial charge in [-0.15, -0.1) is 11.3 Å². The summed E-state index contributed by atoms with van der Waals surface area (Å²) < 4.78 is 11.0. The molecule has 0 saturated carbocycles. The topological polar surface area (TPSA) is 64.8 Å². The van der Waals surface area contributed by atoms with Crippen molar-refractivity contribution in [1.29, 1.82) is 0 Å². The normalized spacial score (nSPS) is 19.4. The molecule has 1 aromatic heterocycles. The Balaban J connectivity index is 2.37. The first-order chi connectivity index (χ1) is 9.45. The van der Waals surface area contributed by atoms with E-state index < -0.39 is 0 Å². The van der Waals surface area contributed by atoms with E-state index in [1.54, 1.807) is 7.11 Å². The Hall–Kier alpha value is -1.27. The maximum Gasteiger partial charge on any atom is 0.177 e. The number of nitrogens with two attached hydrogens (primary N) is 1. The lowest BCUT2D eigenvalue weighted by Gasteiger charge is -2.32. The molecule has 20 heavy (non-hydrogen) atoms. The average molecular weight is 298 g/mol. The van der Waals surface area contributed by atoms with Crippen LogP contribution in [0.3, 0.4) is 0 Å². The second kappa shape index (κ2) is 6.01. The molecule has 6 heteroatoms. The van der Waals surface area contributed by atoms with Crippen molar-refractivity contribution in [3.8, 4) is 5.75 Å². The van der Waals surface area contributed by atoms with Crippen molar-refractivity contribution >= 4 is 27.8 Å². The second-order valence-electron chi connectivity index (χ2n) is 5.33. The molecule has 1 atom stereocenters. The summed E-state index contributed by atoms with van der Waals surface area (Å²) in [6, 6.07) is 0. The standard InChI is InChI=1S/C14H22N2O3S/c1-8(2)11(17)13-10(15)12(18-4)14(20-13)16-5-6-19-9(3)7-16/h8-9H,5-7,15H2,1-4H3. The van der Waals surface area contributed by atoms with E-state index in [1.165, 1.54) is 11.3 Å². The van der Waals surface area contributed by atoms with E-state index in [-0.39, 0.29) is 17.8 Å². The summed E-state index contributed by atoms with van der Waals surface area (Å²) in [7, 11) is 1.59. The number of rotatable bonds is 4. The summed E-state index contributed by atoms with van der Waals surface area (Å²) in [5, 5.41) is 0.934. The van der Waals surface area contributed by atoms with Gasteiger partial charge in [0.2, 0.25) is 0 Å². The highest BCUT2D eigenvalue weighted by Gasteiger charge is 2.28. The van der Waals surface area contributed by atoms with Crippen LogP contribution >= 0.6 is 11.3 Å². The third-order valence-corrected chi connectivity index (χ3v) is 4.62. The lowest BCUT2D eigenvalue weighted by molar-refractivity contribution is 0.0533. The number of carbonyl (C=O) groups is 1. The van der Waals surface area contributed by atoms with Gasteiger partial charge < -0.3 is 20.1 Å². The smallest absolute Gasteiger partial charge is 0.177 e. The fraction of sp³-hybridized carbons (Fsp3) is 0.643. The number of thiophene rings is 1. The average Bonchev–Trinajstić information content (AvgIpc) is 2.74. The van der Waals surface area contributed by atoms with Crippen LogP contribution in [0, 0.1) is 5.92 Å². The molecule has 1 aromatic rings. The number of methoxy groups -OCH3 is 1. The van der Waals surface area contributed by atoms with Gasteiger partial charge in [-0.25, -0.2) is 0 Å². The van der Waals surface area contributed by atoms with Crippen molar-refractivity contribution < 1.29 is 14.3 Å². The Morgan fingerprint density at radius 3 is 2.80 bits per heavy atom. The van der Waals surface area contributed by atoms with Crippen molar-refractivity contribution in [2.45, 2.75) is 26.9 Å². The second-order valence-corrected chi connectivity index (χ2v) is 6.33. The zero-order valence-electron chi connectivity index (χ0n) is 12.4. The summed E-state index contributed by atoms with van der Waals surface area (Å²) in [6.07, 6.45) is 0.168. The highest BCUT2D eigenvalue weighted by molar-refractivity contribution is 7.19. The summed E-state index contributed by atoms with van der Waals surface area (Å²) in [5.41, 5.74) is 6.56. The number of morpholine rings is 1. The summed E-state index contributed by atoms with van der Waals surface area (Å²) in [4.78, 5) is 15.0. The Labute approximate surface area is 123 Å². The van der Waals surface area contributed by atoms with Gasteiger partial charge in [0, 0.05) is 19.0 Å². The first-order valence-electron chi connectivity index (χ1n) is 6.82. The van der Waals surface area contributed by atoms with Crippen LogP contribution in [0.4, 0.5) is 10.7 Å². The molecule has 2 heterocycles. The quantitative estimate of drug-likeness (QED) is 0.865. The number of ether oxygens (including phenoxy) is 2. The number of carbonyl (C=O) groups excluding carboxylic acids is 1. The molecule has 2 N–H and O–H groups in total. The third kappa shape index (κ3) is 2.76. The molecule has 0 radical (unpaired) electrons. The van der Waals surface area contributed by atoms with Gasteiger partial charge in [0.15, 0.2) is 11.5 Å². The molecule has 1 aliphatic heterocycles. The van der Waals surface area contributed by atoms with E-state index >= 15 is 0 Å². The summed E-state index contributed by atoms with van der Waals surface area (Å²) >= 11 is 1.43. The van der Waals surface area contributed by atoms with E-state index in [9.17, 15) is 4.79 Å². The molecule has 0 bridgehead atoms. The molecular weight excluding hydrogens is 276 g/mol. The molecule has 0 spiro atoms. The van der Waals surface area contributed by atoms with Crippen molar-refractivity contribution in [2.24, 2.45) is 5.92 Å². The maximum absolute atomic E-state index is 12.2. The van der Waals surface area contributed by atoms with Gasteiger partial charge >= 0.3 is 0 Å². The highest BCUT2D eigenvalue weighted by atomic mass is 32.1. The Bertz CT molecular complexity index is 499. The first-order valence-corrected chi connectivity index (χ1v) is 7.64. The number of anilines is 2. The molecule has 5 nitrogen and oxygen atoms in total. The van der Waals surface area contributed by atoms with Crippen LogP contribution in [0.5, 0.6) is 5.75 Å². The van der Waals surface area contributed by atoms with Gasteiger partial charge in [-0.1, -0.05) is 13.8 Å². The van der Waals surface area contributed by atoms with Crippen molar-refractivity contribution in [3.63, 3.8) is 0 Å². The Kier molecular flexibility index (Phi) is 4.55. The molecule has 1 fully saturated rings. The van der Waals surface area contributed by atoms with Crippen LogP contribution in [0.1, 0.15) is 30.4 Å². The predicted molar refractivity (Wildman–Crippen MR) is 82.1 cm³/mol. The van der Waals surface area contributed by atoms with Crippen LogP contribution in [-0.2, 0) is 4.74 Å². The first kappa shape index (κ1) is 15.1. The van der Waals surface area contributed by atoms with Gasteiger partial charge in [-0.3, -0.25) is 4.79 Å². The van der Waals surface area contributed by atoms with Gasteiger partial charge in [-0.2, -0.15) is 0 Å². The van der Waals surface area contributed by atoms with Crippen molar-refractivity contribution in [1.82, 2.24) is 0 Å². The van der Waals surface area contributed by atoms with Crippen LogP contribution in [0.2, 0.25) is 0 Å². The maximum atomic E-state index is 12.2. The van der Waals surface area contributed by atoms with Crippen LogP contribution < -0.4 is 15.4 Å². The van der Waals surface area contributed by atoms with Crippen molar-refractivity contribution in [3.05, 3.63) is 4.88 Å². The van der Waals surface area contributed by atoms with E-state index in [1.807, 2.05) is 20.8 Å². The summed E-state index contributed by atoms with van der Waals surface area (Å²) in [5.74, 6) is 0.614. The van der Waals surface area contributed by atoms with Crippen LogP contribution in [-0.4, -0.2) is 38.7 Å². The minimum atomic E-state index is -0.0721. The monoisotopic (exact) mass is 298 g/mol. The zero-order chi connectivity index (χ0) is 14.9. The van der Waals surface area contributed by atoms with E-state index in [2.05, 4.69) is 4.90 Å². The molecule has 112 valence electrons. The predicted octanol–water partition coefficient (Wildman–Crippen LogP) is 2.40. The molecule has 0 aromatic carbocycles. The minimum Gasteiger partial charge on any atom is -0.492 e. The largest absolute Gasteiger partial charge is 0.492 e. The fourth-order valence-corrected chi connectivity index (χ4v) is 3.58. The third-order valence-electron chi connectivity index (χ3n) is 3.36. The number of nitrogen functional groups attached to an aromatic ring is 1. The van der Waals surface area contributed by atoms with E-state index in [4.69, 9.17) is 15.2 Å². The Morgan fingerprint density at radius 1 is 1.55 bits per heavy atom. The van der Waals surface area contributed by atoms with Gasteiger partial charge in [-0.05, 0) is 6.92 Å². The molecule has 2 rings (SSSR count). The fourth-order valence-electron chi connectivity index (χ4n) is 2.27. The lowest BCUT2D eigenvalue weighted by Crippen LogP contribution is -2.40. The minimum absolute atomic E-state index is 0.0679. The number of ketones is 1. The highest BCUT2D eigenvalue weighted by Crippen LogP contribution is 2.45. The number of nitrogens with zero attached hydrogens (tertiary/aromatic N) is 1. The number of Topliss-reactive ketones (excluding diaryl/α,β-unsaturated/α-hetero) is 1. The SMILES string of the molecule is COc1c(N2CCOC(C)C2)sc(C(=O)C(C)C)c1N. The van der Waals surface area contributed by atoms with E-state index in [0.717, 1.165) is 18.1 Å². The van der Waals surface area contributed by atoms with Crippen molar-refractivity contribution in [2.75, 3.05) is 37.4 Å². The van der Waals surface area contributed by atoms with Gasteiger partial charge in [0.25, 0.3) is 0 Å². The van der Waals surface area contributed by atoms with Gasteiger partial charge in [0.05, 0.1) is 30.4 Å². The molecular formula is C14H22N2O3S.